The number of ether oxygens (including phenoxy) is 1. The van der Waals surface area contributed by atoms with Crippen LogP contribution < -0.4 is 15.8 Å². The van der Waals surface area contributed by atoms with E-state index < -0.39 is 0 Å². The van der Waals surface area contributed by atoms with E-state index >= 15 is 0 Å². The van der Waals surface area contributed by atoms with Gasteiger partial charge in [0.25, 0.3) is 0 Å². The molecule has 0 saturated heterocycles. The lowest BCUT2D eigenvalue weighted by Crippen LogP contribution is -2.23. The molecule has 0 spiro atoms. The Balaban J connectivity index is 0.00000169. The van der Waals surface area contributed by atoms with Gasteiger partial charge in [-0.1, -0.05) is 35.9 Å². The zero-order valence-electron chi connectivity index (χ0n) is 13.2. The van der Waals surface area contributed by atoms with Gasteiger partial charge in [0.05, 0.1) is 18.2 Å². The molecule has 2 aromatic rings. The van der Waals surface area contributed by atoms with Crippen molar-refractivity contribution in [2.75, 3.05) is 12.4 Å². The zero-order chi connectivity index (χ0) is 16.0. The van der Waals surface area contributed by atoms with Crippen LogP contribution in [0.5, 0.6) is 5.75 Å². The van der Waals surface area contributed by atoms with Crippen LogP contribution in [0, 0.1) is 5.92 Å². The van der Waals surface area contributed by atoms with E-state index in [1.54, 1.807) is 19.2 Å². The van der Waals surface area contributed by atoms with Gasteiger partial charge in [0.1, 0.15) is 5.75 Å². The topological polar surface area (TPSA) is 59.6 Å². The quantitative estimate of drug-likeness (QED) is 0.417. The summed E-state index contributed by atoms with van der Waals surface area (Å²) in [6.45, 7) is 0. The molecule has 3 unspecified atom stereocenters. The molecule has 3 atom stereocenters. The molecule has 0 radical (unpaired) electrons. The number of methoxy groups -OCH3 is 1. The number of hydrogen-bond acceptors (Lipinski definition) is 2. The molecule has 1 fully saturated rings. The Morgan fingerprint density at radius 3 is 2.83 bits per heavy atom. The lowest BCUT2D eigenvalue weighted by atomic mass is 10.1. The molecule has 4 rings (SSSR count). The maximum Gasteiger partial charge on any atom is 0.193 e. The molecule has 2 aliphatic carbocycles. The van der Waals surface area contributed by atoms with Crippen molar-refractivity contribution in [2.45, 2.75) is 18.4 Å². The van der Waals surface area contributed by atoms with Gasteiger partial charge < -0.3 is 15.8 Å². The van der Waals surface area contributed by atoms with Crippen LogP contribution in [0.15, 0.2) is 47.5 Å². The zero-order valence-corrected chi connectivity index (χ0v) is 16.3. The first-order valence-corrected chi connectivity index (χ1v) is 8.07. The minimum absolute atomic E-state index is 0. The van der Waals surface area contributed by atoms with Crippen LogP contribution in [-0.4, -0.2) is 19.1 Å². The Kier molecular flexibility index (Phi) is 4.92. The first kappa shape index (κ1) is 17.4. The van der Waals surface area contributed by atoms with E-state index in [0.717, 1.165) is 12.1 Å². The molecule has 0 aromatic heterocycles. The highest BCUT2D eigenvalue weighted by atomic mass is 127. The summed E-state index contributed by atoms with van der Waals surface area (Å²) in [5.74, 6) is 2.21. The second-order valence-corrected chi connectivity index (χ2v) is 6.48. The summed E-state index contributed by atoms with van der Waals surface area (Å²) >= 11 is 6.12. The maximum absolute atomic E-state index is 6.12. The van der Waals surface area contributed by atoms with Crippen molar-refractivity contribution in [3.05, 3.63) is 58.6 Å². The van der Waals surface area contributed by atoms with Gasteiger partial charge in [0.2, 0.25) is 0 Å². The predicted molar refractivity (Wildman–Crippen MR) is 109 cm³/mol. The third-order valence-corrected chi connectivity index (χ3v) is 5.00. The molecule has 0 heterocycles. The third kappa shape index (κ3) is 3.07. The Morgan fingerprint density at radius 2 is 2.08 bits per heavy atom. The van der Waals surface area contributed by atoms with Crippen molar-refractivity contribution in [1.82, 2.24) is 0 Å². The molecule has 4 nitrogen and oxygen atoms in total. The normalized spacial score (nSPS) is 23.8. The summed E-state index contributed by atoms with van der Waals surface area (Å²) in [4.78, 5) is 4.65. The van der Waals surface area contributed by atoms with E-state index in [9.17, 15) is 0 Å². The van der Waals surface area contributed by atoms with Gasteiger partial charge in [-0.2, -0.15) is 0 Å². The first-order chi connectivity index (χ1) is 11.2. The first-order valence-electron chi connectivity index (χ1n) is 7.69. The number of benzene rings is 2. The van der Waals surface area contributed by atoms with Gasteiger partial charge in [-0.05, 0) is 41.7 Å². The van der Waals surface area contributed by atoms with Crippen molar-refractivity contribution in [1.29, 1.82) is 0 Å². The highest BCUT2D eigenvalue weighted by Crippen LogP contribution is 2.58. The van der Waals surface area contributed by atoms with Gasteiger partial charge in [-0.3, -0.25) is 0 Å². The van der Waals surface area contributed by atoms with Gasteiger partial charge in [0.15, 0.2) is 5.96 Å². The average Bonchev–Trinajstić information content (AvgIpc) is 3.04. The molecule has 2 aromatic carbocycles. The highest BCUT2D eigenvalue weighted by Gasteiger charge is 2.55. The van der Waals surface area contributed by atoms with E-state index in [1.165, 1.54) is 11.1 Å². The average molecular weight is 456 g/mol. The molecule has 24 heavy (non-hydrogen) atoms. The molecule has 126 valence electrons. The molecule has 1 saturated carbocycles. The van der Waals surface area contributed by atoms with Crippen LogP contribution in [0.3, 0.4) is 0 Å². The third-order valence-electron chi connectivity index (χ3n) is 4.71. The Labute approximate surface area is 163 Å². The molecular formula is C18H19ClIN3O. The maximum atomic E-state index is 6.12. The van der Waals surface area contributed by atoms with Gasteiger partial charge in [-0.25, -0.2) is 4.99 Å². The van der Waals surface area contributed by atoms with Crippen LogP contribution >= 0.6 is 35.6 Å². The van der Waals surface area contributed by atoms with Crippen LogP contribution in [0.4, 0.5) is 5.69 Å². The fraction of sp³-hybridized carbons (Fsp3) is 0.278. The Hall–Kier alpha value is -1.47. The number of anilines is 1. The Bertz CT molecular complexity index is 796. The Morgan fingerprint density at radius 1 is 1.29 bits per heavy atom. The summed E-state index contributed by atoms with van der Waals surface area (Å²) < 4.78 is 5.14. The molecular weight excluding hydrogens is 437 g/mol. The summed E-state index contributed by atoms with van der Waals surface area (Å²) in [7, 11) is 1.59. The van der Waals surface area contributed by atoms with E-state index in [1.807, 2.05) is 6.07 Å². The number of nitrogens with zero attached hydrogens (tertiary/aromatic N) is 1. The SMILES string of the molecule is COc1ccc(NC(N)=NC2C3Cc4ccccc4C32)cc1Cl.I. The molecule has 2 aliphatic rings. The number of hydrogen-bond donors (Lipinski definition) is 2. The predicted octanol–water partition coefficient (Wildman–Crippen LogP) is 4.03. The standard InChI is InChI=1S/C18H18ClN3O.HI/c1-23-15-7-6-11(9-14(15)19)21-18(20)22-17-13-8-10-4-2-3-5-12(10)16(13)17;/h2-7,9,13,16-17H,8H2,1H3,(H3,20,21,22);1H. The number of aliphatic imine (C=N–C) groups is 1. The summed E-state index contributed by atoms with van der Waals surface area (Å²) in [6, 6.07) is 14.4. The number of guanidine groups is 1. The monoisotopic (exact) mass is 455 g/mol. The molecule has 6 heteroatoms. The van der Waals surface area contributed by atoms with E-state index in [4.69, 9.17) is 22.1 Å². The number of nitrogens with two attached hydrogens (primary N) is 1. The fourth-order valence-electron chi connectivity index (χ4n) is 3.58. The molecule has 0 bridgehead atoms. The molecule has 3 N–H and O–H groups in total. The number of halogens is 2. The van der Waals surface area contributed by atoms with Crippen LogP contribution in [0.1, 0.15) is 17.0 Å². The molecule has 0 aliphatic heterocycles. The number of nitrogens with one attached hydrogen (secondary N) is 1. The van der Waals surface area contributed by atoms with E-state index in [2.05, 4.69) is 34.6 Å². The number of rotatable bonds is 3. The van der Waals surface area contributed by atoms with Crippen molar-refractivity contribution in [3.63, 3.8) is 0 Å². The van der Waals surface area contributed by atoms with Crippen molar-refractivity contribution < 1.29 is 4.74 Å². The van der Waals surface area contributed by atoms with Crippen LogP contribution in [-0.2, 0) is 6.42 Å². The van der Waals surface area contributed by atoms with Crippen molar-refractivity contribution in [2.24, 2.45) is 16.6 Å². The lowest BCUT2D eigenvalue weighted by molar-refractivity contribution is 0.415. The molecule has 0 amide bonds. The van der Waals surface area contributed by atoms with Gasteiger partial charge >= 0.3 is 0 Å². The van der Waals surface area contributed by atoms with Gasteiger partial charge in [-0.15, -0.1) is 24.0 Å². The second-order valence-electron chi connectivity index (χ2n) is 6.07. The highest BCUT2D eigenvalue weighted by molar-refractivity contribution is 14.0. The minimum Gasteiger partial charge on any atom is -0.495 e. The smallest absolute Gasteiger partial charge is 0.193 e. The van der Waals surface area contributed by atoms with E-state index in [-0.39, 0.29) is 24.0 Å². The summed E-state index contributed by atoms with van der Waals surface area (Å²) in [5.41, 5.74) is 9.76. The van der Waals surface area contributed by atoms with Crippen LogP contribution in [0.25, 0.3) is 0 Å². The van der Waals surface area contributed by atoms with Crippen LogP contribution in [0.2, 0.25) is 5.02 Å². The van der Waals surface area contributed by atoms with E-state index in [0.29, 0.717) is 34.6 Å². The summed E-state index contributed by atoms with van der Waals surface area (Å²) in [6.07, 6.45) is 1.11. The van der Waals surface area contributed by atoms with Gasteiger partial charge in [0, 0.05) is 11.6 Å². The summed E-state index contributed by atoms with van der Waals surface area (Å²) in [5, 5.41) is 3.65. The fourth-order valence-corrected chi connectivity index (χ4v) is 3.84. The van der Waals surface area contributed by atoms with Crippen molar-refractivity contribution >= 4 is 47.2 Å². The van der Waals surface area contributed by atoms with Crippen molar-refractivity contribution in [3.8, 4) is 5.75 Å². The largest absolute Gasteiger partial charge is 0.495 e. The second kappa shape index (κ2) is 6.80. The lowest BCUT2D eigenvalue weighted by Gasteiger charge is -2.09. The minimum atomic E-state index is 0. The number of fused-ring (bicyclic) bond motifs is 3.